The van der Waals surface area contributed by atoms with E-state index in [4.69, 9.17) is 14.2 Å². The summed E-state index contributed by atoms with van der Waals surface area (Å²) < 4.78 is 15.9. The van der Waals surface area contributed by atoms with E-state index in [2.05, 4.69) is 67.3 Å². The Hall–Kier alpha value is -10.9. The fourth-order valence-corrected chi connectivity index (χ4v) is 9.39. The van der Waals surface area contributed by atoms with E-state index in [-0.39, 0.29) is 34.8 Å². The average Bonchev–Trinajstić information content (AvgIpc) is 4.28. The maximum absolute atomic E-state index is 13.0. The number of benzene rings is 6. The molecule has 414 valence electrons. The molecular weight excluding hydrogens is 1120 g/mol. The van der Waals surface area contributed by atoms with Crippen molar-refractivity contribution in [1.29, 1.82) is 0 Å². The Morgan fingerprint density at radius 1 is 0.422 bits per heavy atom. The largest absolute Gasteiger partial charge is 0.464 e. The molecule has 21 nitrogen and oxygen atoms in total. The van der Waals surface area contributed by atoms with Gasteiger partial charge in [-0.25, -0.2) is 34.0 Å². The highest BCUT2D eigenvalue weighted by Crippen LogP contribution is 2.29. The Labute approximate surface area is 481 Å². The molecule has 83 heavy (non-hydrogen) atoms. The number of alkyl halides is 1. The molecule has 0 atom stereocenters. The minimum atomic E-state index is -0.618. The van der Waals surface area contributed by atoms with Gasteiger partial charge in [0.2, 0.25) is 0 Å². The van der Waals surface area contributed by atoms with Crippen LogP contribution >= 0.6 is 15.9 Å². The zero-order valence-electron chi connectivity index (χ0n) is 44.6. The van der Waals surface area contributed by atoms with Gasteiger partial charge in [0, 0.05) is 46.8 Å². The predicted octanol–water partition coefficient (Wildman–Crippen LogP) is 10.00. The number of nitrogens with one attached hydrogen (secondary N) is 3. The molecule has 11 rings (SSSR count). The van der Waals surface area contributed by atoms with Gasteiger partial charge in [-0.2, -0.15) is 15.0 Å². The Morgan fingerprint density at radius 2 is 0.783 bits per heavy atom. The molecule has 0 aliphatic carbocycles. The minimum Gasteiger partial charge on any atom is -0.464 e. The molecule has 11 aromatic rings. The molecule has 0 bridgehead atoms. The van der Waals surface area contributed by atoms with Crippen LogP contribution in [-0.2, 0) is 32.6 Å². The van der Waals surface area contributed by atoms with Gasteiger partial charge >= 0.3 is 17.9 Å². The van der Waals surface area contributed by atoms with Crippen molar-refractivity contribution in [2.24, 2.45) is 0 Å². The van der Waals surface area contributed by atoms with Gasteiger partial charge in [-0.05, 0) is 104 Å². The summed E-state index contributed by atoms with van der Waals surface area (Å²) in [6.07, 6.45) is 11.1. The molecule has 5 aromatic heterocycles. The predicted molar refractivity (Wildman–Crippen MR) is 313 cm³/mol. The number of pyridine rings is 3. The monoisotopic (exact) mass is 1170 g/mol. The fourth-order valence-electron chi connectivity index (χ4n) is 8.91. The second-order valence-corrected chi connectivity index (χ2v) is 18.3. The minimum absolute atomic E-state index is 0.0500. The van der Waals surface area contributed by atoms with Crippen LogP contribution in [0.15, 0.2) is 189 Å². The molecule has 3 N–H and O–H groups in total. The molecule has 22 heteroatoms. The topological polar surface area (TPSA) is 266 Å². The number of ether oxygens (including phenoxy) is 3. The molecule has 0 spiro atoms. The number of esters is 3. The van der Waals surface area contributed by atoms with Gasteiger partial charge in [-0.15, -0.1) is 5.10 Å². The van der Waals surface area contributed by atoms with E-state index in [1.165, 1.54) is 39.9 Å². The lowest BCUT2D eigenvalue weighted by atomic mass is 9.99. The van der Waals surface area contributed by atoms with Gasteiger partial charge in [0.05, 0.1) is 70.1 Å². The Kier molecular flexibility index (Phi) is 18.4. The fraction of sp³-hybridized carbons (Fsp3) is 0.0984. The van der Waals surface area contributed by atoms with E-state index < -0.39 is 17.9 Å². The highest BCUT2D eigenvalue weighted by atomic mass is 79.9. The lowest BCUT2D eigenvalue weighted by Gasteiger charge is -2.13. The van der Waals surface area contributed by atoms with Crippen LogP contribution in [-0.4, -0.2) is 102 Å². The number of hydrogen-bond donors (Lipinski definition) is 3. The van der Waals surface area contributed by atoms with Crippen LogP contribution in [0.25, 0.3) is 32.3 Å². The number of halogens is 1. The molecule has 5 heterocycles. The summed E-state index contributed by atoms with van der Waals surface area (Å²) in [6.45, 7) is 1.03. The molecule has 0 saturated heterocycles. The number of aromatic nitrogens is 9. The van der Waals surface area contributed by atoms with Gasteiger partial charge < -0.3 is 30.2 Å². The van der Waals surface area contributed by atoms with Crippen LogP contribution in [0, 0.1) is 0 Å². The van der Waals surface area contributed by atoms with Crippen LogP contribution in [0.1, 0.15) is 79.2 Å². The zero-order valence-corrected chi connectivity index (χ0v) is 46.2. The molecular formula is C61H49BrN12O9. The summed E-state index contributed by atoms with van der Waals surface area (Å²) >= 11 is 3.47. The number of anilines is 3. The van der Waals surface area contributed by atoms with Gasteiger partial charge in [0.25, 0.3) is 17.7 Å². The molecule has 0 radical (unpaired) electrons. The van der Waals surface area contributed by atoms with Gasteiger partial charge in [-0.1, -0.05) is 112 Å². The van der Waals surface area contributed by atoms with E-state index >= 15 is 0 Å². The van der Waals surface area contributed by atoms with Gasteiger partial charge in [0.1, 0.15) is 0 Å². The number of fused-ring (bicyclic) bond motifs is 3. The first-order chi connectivity index (χ1) is 40.5. The quantitative estimate of drug-likeness (QED) is 0.0519. The van der Waals surface area contributed by atoms with Gasteiger partial charge in [-0.3, -0.25) is 14.4 Å². The number of hydrogen-bond acceptors (Lipinski definition) is 16. The standard InChI is InChI=1S/2C21H17N5O3.C19H15BrN2O3/c1-29-21(28)19-18(7-4-10-22-19)24-20(27)17-9-8-14(13-26-12-11-23-25-26)15-5-2-3-6-16(15)17;1-29-21(28)19-18(7-4-10-22-19)25-20(27)17-9-8-14(13-26-23-11-12-24-26)15-5-2-3-6-16(15)17;1-25-19(24)17-16(7-4-10-21-17)22-18(23)15-9-8-12(11-20)13-5-2-3-6-14(13)15/h2-12H,13H2,1H3,(H,24,27);2-12H,13H2,1H3,(H,25,27);2-10H,11H2,1H3,(H,22,23). The first kappa shape index (κ1) is 56.8. The van der Waals surface area contributed by atoms with E-state index in [1.54, 1.807) is 88.9 Å². The van der Waals surface area contributed by atoms with E-state index in [0.29, 0.717) is 52.2 Å². The highest BCUT2D eigenvalue weighted by molar-refractivity contribution is 9.08. The maximum atomic E-state index is 13.0. The molecule has 3 amide bonds. The molecule has 6 aromatic carbocycles. The smallest absolute Gasteiger partial charge is 0.358 e. The van der Waals surface area contributed by atoms with E-state index in [0.717, 1.165) is 49.0 Å². The van der Waals surface area contributed by atoms with E-state index in [1.807, 2.05) is 91.0 Å². The van der Waals surface area contributed by atoms with Crippen LogP contribution in [0.5, 0.6) is 0 Å². The van der Waals surface area contributed by atoms with Crippen molar-refractivity contribution < 1.29 is 43.0 Å². The number of carbonyl (C=O) groups excluding carboxylic acids is 6. The van der Waals surface area contributed by atoms with Crippen molar-refractivity contribution in [3.05, 3.63) is 239 Å². The van der Waals surface area contributed by atoms with Gasteiger partial charge in [0.15, 0.2) is 17.1 Å². The third-order valence-electron chi connectivity index (χ3n) is 12.8. The van der Waals surface area contributed by atoms with Crippen molar-refractivity contribution >= 4 is 101 Å². The molecule has 0 aliphatic heterocycles. The van der Waals surface area contributed by atoms with Crippen molar-refractivity contribution in [2.45, 2.75) is 18.4 Å². The Balaban J connectivity index is 0.000000150. The van der Waals surface area contributed by atoms with Crippen molar-refractivity contribution in [1.82, 2.24) is 44.9 Å². The first-order valence-electron chi connectivity index (χ1n) is 25.3. The summed E-state index contributed by atoms with van der Waals surface area (Å²) in [5.74, 6) is -2.83. The summed E-state index contributed by atoms with van der Waals surface area (Å²) in [4.78, 5) is 88.0. The third kappa shape index (κ3) is 13.3. The Bertz CT molecular complexity index is 3990. The summed E-state index contributed by atoms with van der Waals surface area (Å²) in [6, 6.07) is 43.7. The van der Waals surface area contributed by atoms with Crippen LogP contribution in [0.2, 0.25) is 0 Å². The molecule has 0 aliphatic rings. The third-order valence-corrected chi connectivity index (χ3v) is 13.4. The van der Waals surface area contributed by atoms with Crippen LogP contribution < -0.4 is 16.0 Å². The summed E-state index contributed by atoms with van der Waals surface area (Å²) in [5, 5.41) is 30.4. The first-order valence-corrected chi connectivity index (χ1v) is 26.4. The van der Waals surface area contributed by atoms with Crippen molar-refractivity contribution in [2.75, 3.05) is 37.3 Å². The van der Waals surface area contributed by atoms with Crippen molar-refractivity contribution in [3.8, 4) is 0 Å². The SMILES string of the molecule is COC(=O)c1ncccc1NC(=O)c1ccc(CBr)c2ccccc12.COC(=O)c1ncccc1NC(=O)c1ccc(Cn2ccnn2)c2ccccc12.COC(=O)c1ncccc1NC(=O)c1ccc(Cn2nccn2)c2ccccc12. The highest BCUT2D eigenvalue weighted by Gasteiger charge is 2.22. The summed E-state index contributed by atoms with van der Waals surface area (Å²) in [7, 11) is 3.81. The zero-order chi connectivity index (χ0) is 58.2. The number of carbonyl (C=O) groups is 6. The lowest BCUT2D eigenvalue weighted by Crippen LogP contribution is -2.17. The molecule has 0 fully saturated rings. The van der Waals surface area contributed by atoms with Crippen LogP contribution in [0.3, 0.4) is 0 Å². The lowest BCUT2D eigenvalue weighted by molar-refractivity contribution is 0.0586. The number of amides is 3. The number of methoxy groups -OCH3 is 3. The number of nitrogens with zero attached hydrogens (tertiary/aromatic N) is 9. The Morgan fingerprint density at radius 3 is 1.14 bits per heavy atom. The second kappa shape index (κ2) is 26.9. The average molecular weight is 1170 g/mol. The second-order valence-electron chi connectivity index (χ2n) is 17.8. The molecule has 0 unspecified atom stereocenters. The number of rotatable bonds is 14. The molecule has 0 saturated carbocycles. The summed E-state index contributed by atoms with van der Waals surface area (Å²) in [5.41, 5.74) is 5.67. The maximum Gasteiger partial charge on any atom is 0.358 e. The van der Waals surface area contributed by atoms with Crippen molar-refractivity contribution in [3.63, 3.8) is 0 Å². The normalized spacial score (nSPS) is 10.6. The van der Waals surface area contributed by atoms with Crippen LogP contribution in [0.4, 0.5) is 17.1 Å². The van der Waals surface area contributed by atoms with E-state index in [9.17, 15) is 28.8 Å².